The number of esters is 1. The van der Waals surface area contributed by atoms with Crippen LogP contribution in [0, 0.1) is 0 Å². The van der Waals surface area contributed by atoms with Crippen molar-refractivity contribution in [3.05, 3.63) is 36.7 Å². The Hall–Kier alpha value is -1.64. The first-order valence-corrected chi connectivity index (χ1v) is 3.89. The Balaban J connectivity index is 2.65. The van der Waals surface area contributed by atoms with Crippen molar-refractivity contribution in [1.82, 2.24) is 4.98 Å². The SMILES string of the molecule is C=C(CC(=O)OC)c1ccncc1. The second-order valence-electron chi connectivity index (χ2n) is 2.59. The molecule has 1 aromatic heterocycles. The van der Waals surface area contributed by atoms with Crippen LogP contribution in [-0.2, 0) is 9.53 Å². The molecule has 0 bridgehead atoms. The van der Waals surface area contributed by atoms with Gasteiger partial charge in [-0.25, -0.2) is 0 Å². The number of nitrogens with zero attached hydrogens (tertiary/aromatic N) is 1. The van der Waals surface area contributed by atoms with E-state index >= 15 is 0 Å². The number of carbonyl (C=O) groups excluding carboxylic acids is 1. The zero-order valence-corrected chi connectivity index (χ0v) is 7.49. The molecule has 0 amide bonds. The zero-order chi connectivity index (χ0) is 9.68. The molecule has 0 fully saturated rings. The van der Waals surface area contributed by atoms with E-state index in [1.165, 1.54) is 7.11 Å². The molecule has 0 saturated carbocycles. The minimum absolute atomic E-state index is 0.223. The summed E-state index contributed by atoms with van der Waals surface area (Å²) < 4.78 is 4.53. The van der Waals surface area contributed by atoms with Gasteiger partial charge in [0.25, 0.3) is 0 Å². The van der Waals surface area contributed by atoms with Gasteiger partial charge >= 0.3 is 5.97 Å². The summed E-state index contributed by atoms with van der Waals surface area (Å²) in [6.45, 7) is 3.78. The minimum atomic E-state index is -0.276. The molecule has 0 radical (unpaired) electrons. The second kappa shape index (κ2) is 4.40. The van der Waals surface area contributed by atoms with Crippen LogP contribution in [0.3, 0.4) is 0 Å². The molecular weight excluding hydrogens is 166 g/mol. The first-order valence-electron chi connectivity index (χ1n) is 3.89. The minimum Gasteiger partial charge on any atom is -0.469 e. The molecule has 13 heavy (non-hydrogen) atoms. The molecule has 0 aliphatic carbocycles. The van der Waals surface area contributed by atoms with E-state index in [2.05, 4.69) is 16.3 Å². The second-order valence-corrected chi connectivity index (χ2v) is 2.59. The van der Waals surface area contributed by atoms with Crippen LogP contribution in [0.1, 0.15) is 12.0 Å². The van der Waals surface area contributed by atoms with Gasteiger partial charge in [0.05, 0.1) is 13.5 Å². The van der Waals surface area contributed by atoms with Gasteiger partial charge in [-0.1, -0.05) is 6.58 Å². The van der Waals surface area contributed by atoms with Crippen LogP contribution in [-0.4, -0.2) is 18.1 Å². The molecule has 3 nitrogen and oxygen atoms in total. The van der Waals surface area contributed by atoms with Crippen molar-refractivity contribution in [2.75, 3.05) is 7.11 Å². The van der Waals surface area contributed by atoms with Crippen LogP contribution in [0.25, 0.3) is 5.57 Å². The fourth-order valence-corrected chi connectivity index (χ4v) is 0.936. The number of rotatable bonds is 3. The summed E-state index contributed by atoms with van der Waals surface area (Å²) in [4.78, 5) is 14.8. The highest BCUT2D eigenvalue weighted by Crippen LogP contribution is 2.14. The Morgan fingerprint density at radius 3 is 2.69 bits per heavy atom. The summed E-state index contributed by atoms with van der Waals surface area (Å²) >= 11 is 0. The molecule has 0 spiro atoms. The molecule has 0 aliphatic heterocycles. The quantitative estimate of drug-likeness (QED) is 0.659. The van der Waals surface area contributed by atoms with Crippen molar-refractivity contribution >= 4 is 11.5 Å². The van der Waals surface area contributed by atoms with E-state index in [1.54, 1.807) is 12.4 Å². The lowest BCUT2D eigenvalue weighted by atomic mass is 10.1. The van der Waals surface area contributed by atoms with Crippen LogP contribution >= 0.6 is 0 Å². The zero-order valence-electron chi connectivity index (χ0n) is 7.49. The van der Waals surface area contributed by atoms with Gasteiger partial charge in [0.2, 0.25) is 0 Å². The molecule has 0 atom stereocenters. The van der Waals surface area contributed by atoms with Crippen molar-refractivity contribution in [2.45, 2.75) is 6.42 Å². The third kappa shape index (κ3) is 2.71. The van der Waals surface area contributed by atoms with Gasteiger partial charge < -0.3 is 4.74 Å². The molecule has 1 aromatic rings. The Kier molecular flexibility index (Phi) is 3.20. The van der Waals surface area contributed by atoms with Crippen LogP contribution in [0.15, 0.2) is 31.1 Å². The summed E-state index contributed by atoms with van der Waals surface area (Å²) in [6.07, 6.45) is 3.55. The highest BCUT2D eigenvalue weighted by Gasteiger charge is 2.04. The van der Waals surface area contributed by atoms with E-state index in [-0.39, 0.29) is 12.4 Å². The van der Waals surface area contributed by atoms with Gasteiger partial charge in [0.15, 0.2) is 0 Å². The third-order valence-electron chi connectivity index (χ3n) is 1.67. The molecular formula is C10H11NO2. The molecule has 0 unspecified atom stereocenters. The molecule has 0 aromatic carbocycles. The molecule has 68 valence electrons. The van der Waals surface area contributed by atoms with Gasteiger partial charge in [-0.15, -0.1) is 0 Å². The average molecular weight is 177 g/mol. The topological polar surface area (TPSA) is 39.2 Å². The molecule has 0 aliphatic rings. The fourth-order valence-electron chi connectivity index (χ4n) is 0.936. The standard InChI is InChI=1S/C10H11NO2/c1-8(7-10(12)13-2)9-3-5-11-6-4-9/h3-6H,1,7H2,2H3. The van der Waals surface area contributed by atoms with Gasteiger partial charge in [0, 0.05) is 12.4 Å². The van der Waals surface area contributed by atoms with Crippen LogP contribution in [0.2, 0.25) is 0 Å². The molecule has 1 heterocycles. The normalized spacial score (nSPS) is 9.31. The molecule has 0 saturated heterocycles. The number of ether oxygens (including phenoxy) is 1. The highest BCUT2D eigenvalue weighted by atomic mass is 16.5. The van der Waals surface area contributed by atoms with E-state index < -0.39 is 0 Å². The number of pyridine rings is 1. The monoisotopic (exact) mass is 177 g/mol. The lowest BCUT2D eigenvalue weighted by molar-refractivity contribution is -0.139. The molecule has 1 rings (SSSR count). The van der Waals surface area contributed by atoms with Crippen molar-refractivity contribution in [2.24, 2.45) is 0 Å². The maximum Gasteiger partial charge on any atom is 0.309 e. The summed E-state index contributed by atoms with van der Waals surface area (Å²) in [5, 5.41) is 0. The molecule has 0 N–H and O–H groups in total. The Labute approximate surface area is 77.1 Å². The van der Waals surface area contributed by atoms with Gasteiger partial charge in [0.1, 0.15) is 0 Å². The van der Waals surface area contributed by atoms with Crippen molar-refractivity contribution in [3.8, 4) is 0 Å². The lowest BCUT2D eigenvalue weighted by Gasteiger charge is -2.03. The van der Waals surface area contributed by atoms with E-state index in [4.69, 9.17) is 0 Å². The first kappa shape index (κ1) is 9.45. The average Bonchev–Trinajstić information content (AvgIpc) is 2.19. The number of carbonyl (C=O) groups is 1. The number of hydrogen-bond donors (Lipinski definition) is 0. The van der Waals surface area contributed by atoms with E-state index in [0.29, 0.717) is 0 Å². The number of hydrogen-bond acceptors (Lipinski definition) is 3. The van der Waals surface area contributed by atoms with Gasteiger partial charge in [-0.3, -0.25) is 9.78 Å². The van der Waals surface area contributed by atoms with Gasteiger partial charge in [-0.2, -0.15) is 0 Å². The van der Waals surface area contributed by atoms with Crippen LogP contribution in [0.5, 0.6) is 0 Å². The van der Waals surface area contributed by atoms with Gasteiger partial charge in [-0.05, 0) is 23.3 Å². The smallest absolute Gasteiger partial charge is 0.309 e. The largest absolute Gasteiger partial charge is 0.469 e. The summed E-state index contributed by atoms with van der Waals surface area (Å²) in [5.41, 5.74) is 1.66. The Bertz CT molecular complexity index is 306. The first-order chi connectivity index (χ1) is 6.24. The maximum atomic E-state index is 10.9. The summed E-state index contributed by atoms with van der Waals surface area (Å²) in [7, 11) is 1.36. The van der Waals surface area contributed by atoms with Crippen molar-refractivity contribution < 1.29 is 9.53 Å². The lowest BCUT2D eigenvalue weighted by Crippen LogP contribution is -2.00. The third-order valence-corrected chi connectivity index (χ3v) is 1.67. The predicted molar refractivity (Wildman–Crippen MR) is 49.9 cm³/mol. The van der Waals surface area contributed by atoms with Crippen molar-refractivity contribution in [3.63, 3.8) is 0 Å². The highest BCUT2D eigenvalue weighted by molar-refractivity contribution is 5.84. The fraction of sp³-hybridized carbons (Fsp3) is 0.200. The maximum absolute atomic E-state index is 10.9. The molecule has 3 heteroatoms. The van der Waals surface area contributed by atoms with E-state index in [9.17, 15) is 4.79 Å². The predicted octanol–water partition coefficient (Wildman–Crippen LogP) is 1.66. The van der Waals surface area contributed by atoms with E-state index in [1.807, 2.05) is 12.1 Å². The van der Waals surface area contributed by atoms with E-state index in [0.717, 1.165) is 11.1 Å². The summed E-state index contributed by atoms with van der Waals surface area (Å²) in [6, 6.07) is 3.62. The summed E-state index contributed by atoms with van der Waals surface area (Å²) in [5.74, 6) is -0.276. The Morgan fingerprint density at radius 2 is 2.15 bits per heavy atom. The Morgan fingerprint density at radius 1 is 1.54 bits per heavy atom. The van der Waals surface area contributed by atoms with Crippen LogP contribution in [0.4, 0.5) is 0 Å². The number of methoxy groups -OCH3 is 1. The van der Waals surface area contributed by atoms with Crippen LogP contribution < -0.4 is 0 Å². The number of aromatic nitrogens is 1. The van der Waals surface area contributed by atoms with Crippen molar-refractivity contribution in [1.29, 1.82) is 0 Å².